The Balaban J connectivity index is 2.27. The quantitative estimate of drug-likeness (QED) is 0.441. The van der Waals surface area contributed by atoms with Gasteiger partial charge in [0.15, 0.2) is 0 Å². The van der Waals surface area contributed by atoms with Crippen molar-refractivity contribution >= 4 is 8.07 Å². The first kappa shape index (κ1) is 15.5. The highest BCUT2D eigenvalue weighted by atomic mass is 28.3. The highest BCUT2D eigenvalue weighted by Gasteiger charge is 2.39. The molecule has 1 fully saturated rings. The normalized spacial score (nSPS) is 19.4. The SMILES string of the molecule is C[Si](C)(C)C#CCCC(O)/C=C/C1(CCO)CC1. The lowest BCUT2D eigenvalue weighted by molar-refractivity contribution is 0.212. The zero-order chi connectivity index (χ0) is 13.6. The van der Waals surface area contributed by atoms with Crippen molar-refractivity contribution in [1.82, 2.24) is 0 Å². The molecule has 0 aromatic carbocycles. The zero-order valence-corrected chi connectivity index (χ0v) is 12.9. The number of allylic oxidation sites excluding steroid dienone is 1. The Bertz CT molecular complexity index is 340. The maximum Gasteiger partial charge on any atom is 0.129 e. The summed E-state index contributed by atoms with van der Waals surface area (Å²) in [5.74, 6) is 3.17. The lowest BCUT2D eigenvalue weighted by atomic mass is 10.0. The molecule has 102 valence electrons. The molecule has 1 rings (SSSR count). The molecule has 1 unspecified atom stereocenters. The minimum atomic E-state index is -1.27. The summed E-state index contributed by atoms with van der Waals surface area (Å²) in [6.07, 6.45) is 8.19. The van der Waals surface area contributed by atoms with Gasteiger partial charge in [-0.05, 0) is 31.1 Å². The molecule has 0 radical (unpaired) electrons. The van der Waals surface area contributed by atoms with Crippen LogP contribution in [0.25, 0.3) is 0 Å². The van der Waals surface area contributed by atoms with Gasteiger partial charge in [-0.2, -0.15) is 0 Å². The molecule has 1 aliphatic rings. The number of rotatable bonds is 6. The van der Waals surface area contributed by atoms with Crippen LogP contribution in [-0.2, 0) is 0 Å². The molecule has 18 heavy (non-hydrogen) atoms. The predicted octanol–water partition coefficient (Wildman–Crippen LogP) is 2.73. The largest absolute Gasteiger partial charge is 0.396 e. The molecule has 0 aromatic heterocycles. The molecule has 2 N–H and O–H groups in total. The Morgan fingerprint density at radius 1 is 1.33 bits per heavy atom. The van der Waals surface area contributed by atoms with Crippen LogP contribution in [0.4, 0.5) is 0 Å². The van der Waals surface area contributed by atoms with Gasteiger partial charge < -0.3 is 10.2 Å². The van der Waals surface area contributed by atoms with Gasteiger partial charge in [-0.1, -0.05) is 31.8 Å². The van der Waals surface area contributed by atoms with Crippen molar-refractivity contribution in [2.45, 2.75) is 57.8 Å². The predicted molar refractivity (Wildman–Crippen MR) is 78.9 cm³/mol. The summed E-state index contributed by atoms with van der Waals surface area (Å²) in [7, 11) is -1.27. The van der Waals surface area contributed by atoms with Crippen molar-refractivity contribution in [3.63, 3.8) is 0 Å². The average molecular weight is 266 g/mol. The number of aliphatic hydroxyl groups excluding tert-OH is 2. The first-order valence-electron chi connectivity index (χ1n) is 6.85. The van der Waals surface area contributed by atoms with Crippen LogP contribution in [0.5, 0.6) is 0 Å². The summed E-state index contributed by atoms with van der Waals surface area (Å²) in [4.78, 5) is 0. The number of hydrogen-bond acceptors (Lipinski definition) is 2. The van der Waals surface area contributed by atoms with Crippen molar-refractivity contribution < 1.29 is 10.2 Å². The van der Waals surface area contributed by atoms with Crippen LogP contribution in [0.3, 0.4) is 0 Å². The van der Waals surface area contributed by atoms with Gasteiger partial charge >= 0.3 is 0 Å². The van der Waals surface area contributed by atoms with Gasteiger partial charge in [0.05, 0.1) is 6.10 Å². The van der Waals surface area contributed by atoms with Gasteiger partial charge in [-0.15, -0.1) is 11.5 Å². The Morgan fingerprint density at radius 2 is 2.00 bits per heavy atom. The summed E-state index contributed by atoms with van der Waals surface area (Å²) in [5.41, 5.74) is 3.50. The van der Waals surface area contributed by atoms with E-state index in [0.29, 0.717) is 6.42 Å². The molecule has 1 atom stereocenters. The summed E-state index contributed by atoms with van der Waals surface area (Å²) in [6, 6.07) is 0. The molecule has 0 aliphatic heterocycles. The van der Waals surface area contributed by atoms with Gasteiger partial charge in [0.2, 0.25) is 0 Å². The van der Waals surface area contributed by atoms with E-state index in [2.05, 4.69) is 37.2 Å². The van der Waals surface area contributed by atoms with E-state index in [1.165, 1.54) is 0 Å². The van der Waals surface area contributed by atoms with E-state index in [9.17, 15) is 5.11 Å². The van der Waals surface area contributed by atoms with Gasteiger partial charge in [-0.3, -0.25) is 0 Å². The fraction of sp³-hybridized carbons (Fsp3) is 0.733. The molecule has 1 aliphatic carbocycles. The molecule has 0 heterocycles. The van der Waals surface area contributed by atoms with Crippen molar-refractivity contribution in [2.75, 3.05) is 6.61 Å². The standard InChI is InChI=1S/C15H26O2Si/c1-18(2,3)13-5-4-6-14(17)7-8-15(9-10-15)11-12-16/h7-8,14,16-17H,4,6,9-12H2,1-3H3/b8-7+. The third-order valence-corrected chi connectivity index (χ3v) is 4.13. The van der Waals surface area contributed by atoms with E-state index < -0.39 is 14.2 Å². The fourth-order valence-corrected chi connectivity index (χ4v) is 2.50. The van der Waals surface area contributed by atoms with Crippen LogP contribution >= 0.6 is 0 Å². The lowest BCUT2D eigenvalue weighted by Crippen LogP contribution is -2.16. The minimum absolute atomic E-state index is 0.194. The van der Waals surface area contributed by atoms with Crippen LogP contribution in [0.1, 0.15) is 32.1 Å². The van der Waals surface area contributed by atoms with Crippen molar-refractivity contribution in [3.8, 4) is 11.5 Å². The summed E-state index contributed by atoms with van der Waals surface area (Å²) in [5, 5.41) is 18.8. The lowest BCUT2D eigenvalue weighted by Gasteiger charge is -2.09. The topological polar surface area (TPSA) is 40.5 Å². The van der Waals surface area contributed by atoms with E-state index in [4.69, 9.17) is 5.11 Å². The first-order chi connectivity index (χ1) is 8.37. The highest BCUT2D eigenvalue weighted by Crippen LogP contribution is 2.50. The molecular formula is C15H26O2Si. The second-order valence-electron chi connectivity index (χ2n) is 6.35. The third-order valence-electron chi connectivity index (χ3n) is 3.20. The van der Waals surface area contributed by atoms with E-state index in [1.807, 2.05) is 6.08 Å². The maximum absolute atomic E-state index is 9.83. The Labute approximate surface area is 112 Å². The Hall–Kier alpha value is -0.563. The zero-order valence-electron chi connectivity index (χ0n) is 11.9. The fourth-order valence-electron chi connectivity index (χ4n) is 1.84. The summed E-state index contributed by atoms with van der Waals surface area (Å²) in [6.45, 7) is 6.91. The highest BCUT2D eigenvalue weighted by molar-refractivity contribution is 6.83. The molecule has 0 saturated heterocycles. The molecule has 2 nitrogen and oxygen atoms in total. The second kappa shape index (κ2) is 6.56. The van der Waals surface area contributed by atoms with E-state index in [1.54, 1.807) is 0 Å². The third kappa shape index (κ3) is 6.39. The van der Waals surface area contributed by atoms with Gasteiger partial charge in [0.25, 0.3) is 0 Å². The van der Waals surface area contributed by atoms with Crippen LogP contribution in [-0.4, -0.2) is 31.0 Å². The second-order valence-corrected chi connectivity index (χ2v) is 11.1. The first-order valence-corrected chi connectivity index (χ1v) is 10.4. The number of hydrogen-bond donors (Lipinski definition) is 2. The van der Waals surface area contributed by atoms with Crippen molar-refractivity contribution in [2.24, 2.45) is 5.41 Å². The van der Waals surface area contributed by atoms with Gasteiger partial charge in [0, 0.05) is 13.0 Å². The Morgan fingerprint density at radius 3 is 2.50 bits per heavy atom. The van der Waals surface area contributed by atoms with Gasteiger partial charge in [-0.25, -0.2) is 0 Å². The minimum Gasteiger partial charge on any atom is -0.396 e. The smallest absolute Gasteiger partial charge is 0.129 e. The van der Waals surface area contributed by atoms with Crippen molar-refractivity contribution in [3.05, 3.63) is 12.2 Å². The van der Waals surface area contributed by atoms with Crippen LogP contribution < -0.4 is 0 Å². The maximum atomic E-state index is 9.83. The molecule has 0 amide bonds. The summed E-state index contributed by atoms with van der Waals surface area (Å²) < 4.78 is 0. The van der Waals surface area contributed by atoms with Gasteiger partial charge in [0.1, 0.15) is 8.07 Å². The monoisotopic (exact) mass is 266 g/mol. The van der Waals surface area contributed by atoms with Crippen LogP contribution in [0.15, 0.2) is 12.2 Å². The average Bonchev–Trinajstić information content (AvgIpc) is 3.02. The van der Waals surface area contributed by atoms with Crippen LogP contribution in [0, 0.1) is 16.9 Å². The Kier molecular flexibility index (Phi) is 5.65. The molecule has 0 spiro atoms. The van der Waals surface area contributed by atoms with E-state index in [0.717, 1.165) is 25.7 Å². The van der Waals surface area contributed by atoms with Crippen molar-refractivity contribution in [1.29, 1.82) is 0 Å². The molecule has 3 heteroatoms. The number of aliphatic hydroxyl groups is 2. The van der Waals surface area contributed by atoms with E-state index >= 15 is 0 Å². The van der Waals surface area contributed by atoms with E-state index in [-0.39, 0.29) is 12.0 Å². The van der Waals surface area contributed by atoms with Crippen LogP contribution in [0.2, 0.25) is 19.6 Å². The molecule has 0 aromatic rings. The molecule has 0 bridgehead atoms. The summed E-state index contributed by atoms with van der Waals surface area (Å²) >= 11 is 0. The molecule has 1 saturated carbocycles. The molecular weight excluding hydrogens is 240 g/mol.